The summed E-state index contributed by atoms with van der Waals surface area (Å²) in [4.78, 5) is 37.8. The van der Waals surface area contributed by atoms with Crippen LogP contribution in [-0.2, 0) is 19.1 Å². The first-order valence-corrected chi connectivity index (χ1v) is 24.7. The minimum absolute atomic E-state index is 0.00365. The van der Waals surface area contributed by atoms with Crippen LogP contribution in [-0.4, -0.2) is 67.7 Å². The monoisotopic (exact) mass is 823 g/mol. The summed E-state index contributed by atoms with van der Waals surface area (Å²) in [6.07, 6.45) is 39.6. The molecule has 0 fully saturated rings. The highest BCUT2D eigenvalue weighted by Gasteiger charge is 2.14. The Kier molecular flexibility index (Phi) is 42.4. The van der Waals surface area contributed by atoms with Crippen molar-refractivity contribution >= 4 is 11.9 Å². The molecule has 342 valence electrons. The van der Waals surface area contributed by atoms with Gasteiger partial charge in [-0.25, -0.2) is 0 Å². The topological polar surface area (TPSA) is 123 Å². The van der Waals surface area contributed by atoms with Gasteiger partial charge in [0.25, 0.3) is 6.20 Å². The Morgan fingerprint density at radius 3 is 1.47 bits per heavy atom. The van der Waals surface area contributed by atoms with Crippen LogP contribution in [0.2, 0.25) is 0 Å². The van der Waals surface area contributed by atoms with Gasteiger partial charge in [-0.3, -0.25) is 19.7 Å². The number of rotatable bonds is 46. The predicted octanol–water partition coefficient (Wildman–Crippen LogP) is 13.0. The minimum atomic E-state index is -0.444. The van der Waals surface area contributed by atoms with Gasteiger partial charge in [-0.05, 0) is 83.8 Å². The fourth-order valence-electron chi connectivity index (χ4n) is 7.56. The molecule has 0 unspecified atom stereocenters. The normalized spacial score (nSPS) is 11.7. The fraction of sp³-hybridized carbons (Fsp3) is 0.917. The van der Waals surface area contributed by atoms with Gasteiger partial charge in [0.2, 0.25) is 0 Å². The quantitative estimate of drug-likeness (QED) is 0.0267. The number of unbranched alkanes of at least 4 members (excludes halogenated alkanes) is 24. The molecule has 0 heterocycles. The summed E-state index contributed by atoms with van der Waals surface area (Å²) < 4.78 is 11.5. The van der Waals surface area contributed by atoms with E-state index in [1.807, 2.05) is 0 Å². The molecule has 0 aromatic carbocycles. The van der Waals surface area contributed by atoms with Gasteiger partial charge in [0.1, 0.15) is 6.10 Å². The molecule has 0 rings (SSSR count). The van der Waals surface area contributed by atoms with Crippen molar-refractivity contribution in [3.8, 4) is 0 Å². The van der Waals surface area contributed by atoms with Gasteiger partial charge < -0.3 is 25.0 Å². The lowest BCUT2D eigenvalue weighted by molar-refractivity contribution is -0.404. The third kappa shape index (κ3) is 40.4. The van der Waals surface area contributed by atoms with Crippen molar-refractivity contribution in [1.82, 2.24) is 15.5 Å². The third-order valence-electron chi connectivity index (χ3n) is 11.2. The van der Waals surface area contributed by atoms with Crippen LogP contribution >= 0.6 is 0 Å². The maximum Gasteiger partial charge on any atom is 0.306 e. The summed E-state index contributed by atoms with van der Waals surface area (Å²) in [6, 6.07) is 0. The molecule has 2 N–H and O–H groups in total. The lowest BCUT2D eigenvalue weighted by Gasteiger charge is -2.22. The summed E-state index contributed by atoms with van der Waals surface area (Å²) >= 11 is 0. The van der Waals surface area contributed by atoms with E-state index in [0.717, 1.165) is 122 Å². The molecule has 0 saturated heterocycles. The molecule has 0 aromatic heterocycles. The number of hydrogen-bond acceptors (Lipinski definition) is 9. The molecule has 0 spiro atoms. The first-order chi connectivity index (χ1) is 28.4. The van der Waals surface area contributed by atoms with Crippen LogP contribution in [0.1, 0.15) is 239 Å². The van der Waals surface area contributed by atoms with E-state index in [0.29, 0.717) is 31.8 Å². The molecular weight excluding hydrogens is 729 g/mol. The molecule has 10 nitrogen and oxygen atoms in total. The van der Waals surface area contributed by atoms with Crippen LogP contribution in [0, 0.1) is 10.1 Å². The Morgan fingerprint density at radius 1 is 0.569 bits per heavy atom. The van der Waals surface area contributed by atoms with Crippen molar-refractivity contribution in [3.05, 3.63) is 22.1 Å². The summed E-state index contributed by atoms with van der Waals surface area (Å²) in [5.41, 5.74) is 0. The lowest BCUT2D eigenvalue weighted by Crippen LogP contribution is -2.31. The Balaban J connectivity index is 4.47. The Hall–Kier alpha value is -2.36. The molecule has 0 aliphatic rings. The summed E-state index contributed by atoms with van der Waals surface area (Å²) in [5, 5.41) is 16.9. The van der Waals surface area contributed by atoms with Crippen molar-refractivity contribution in [2.45, 2.75) is 245 Å². The zero-order valence-corrected chi connectivity index (χ0v) is 38.6. The highest BCUT2D eigenvalue weighted by atomic mass is 16.6. The fourth-order valence-corrected chi connectivity index (χ4v) is 7.56. The van der Waals surface area contributed by atoms with Crippen LogP contribution in [0.15, 0.2) is 12.0 Å². The first kappa shape index (κ1) is 55.6. The zero-order valence-electron chi connectivity index (χ0n) is 38.6. The van der Waals surface area contributed by atoms with Gasteiger partial charge in [-0.15, -0.1) is 0 Å². The van der Waals surface area contributed by atoms with E-state index in [2.05, 4.69) is 36.3 Å². The van der Waals surface area contributed by atoms with E-state index in [-0.39, 0.29) is 18.0 Å². The SMILES string of the molecule is CCCCCCCCCC(=O)OCCCCCCCN(CCCCCCCC(=O)OC(CCCCCCCC)CCCCCCCC)CCCNC(=C[N+](=O)[O-])NC. The van der Waals surface area contributed by atoms with Gasteiger partial charge in [0.05, 0.1) is 11.5 Å². The Bertz CT molecular complexity index is 948. The number of ether oxygens (including phenoxy) is 2. The maximum atomic E-state index is 12.8. The number of carbonyl (C=O) groups excluding carboxylic acids is 2. The number of hydrogen-bond donors (Lipinski definition) is 2. The van der Waals surface area contributed by atoms with Crippen LogP contribution in [0.3, 0.4) is 0 Å². The second kappa shape index (κ2) is 44.2. The van der Waals surface area contributed by atoms with Crippen LogP contribution in [0.4, 0.5) is 0 Å². The molecule has 10 heteroatoms. The number of nitro groups is 1. The van der Waals surface area contributed by atoms with E-state index >= 15 is 0 Å². The van der Waals surface area contributed by atoms with Gasteiger partial charge in [0.15, 0.2) is 5.82 Å². The van der Waals surface area contributed by atoms with Crippen molar-refractivity contribution in [2.24, 2.45) is 0 Å². The number of nitrogens with one attached hydrogen (secondary N) is 2. The molecule has 0 aliphatic carbocycles. The van der Waals surface area contributed by atoms with E-state index in [1.54, 1.807) is 7.05 Å². The third-order valence-corrected chi connectivity index (χ3v) is 11.2. The predicted molar refractivity (Wildman–Crippen MR) is 243 cm³/mol. The number of nitrogens with zero attached hydrogens (tertiary/aromatic N) is 2. The lowest BCUT2D eigenvalue weighted by atomic mass is 10.0. The number of esters is 2. The standard InChI is InChI=1S/C48H94N4O6/c1-5-8-11-14-17-22-29-37-47(53)57-43-33-26-19-25-32-41-51(42-34-39-50-46(49-4)44-52(55)56)40-31-24-18-23-30-38-48(54)58-45(35-27-20-15-12-9-6-2)36-28-21-16-13-10-7-3/h44-45,49-50H,5-43H2,1-4H3. The second-order valence-corrected chi connectivity index (χ2v) is 16.8. The largest absolute Gasteiger partial charge is 0.466 e. The minimum Gasteiger partial charge on any atom is -0.466 e. The first-order valence-electron chi connectivity index (χ1n) is 24.7. The Labute approximate surface area is 357 Å². The smallest absolute Gasteiger partial charge is 0.306 e. The van der Waals surface area contributed by atoms with E-state index in [9.17, 15) is 19.7 Å². The molecule has 0 atom stereocenters. The molecule has 0 amide bonds. The molecule has 0 radical (unpaired) electrons. The van der Waals surface area contributed by atoms with Crippen molar-refractivity contribution < 1.29 is 24.0 Å². The molecule has 0 bridgehead atoms. The van der Waals surface area contributed by atoms with Crippen molar-refractivity contribution in [1.29, 1.82) is 0 Å². The van der Waals surface area contributed by atoms with Gasteiger partial charge in [-0.2, -0.15) is 0 Å². The summed E-state index contributed by atoms with van der Waals surface area (Å²) in [7, 11) is 1.68. The summed E-state index contributed by atoms with van der Waals surface area (Å²) in [5.74, 6) is 0.379. The zero-order chi connectivity index (χ0) is 42.6. The van der Waals surface area contributed by atoms with E-state index in [4.69, 9.17) is 9.47 Å². The highest BCUT2D eigenvalue weighted by molar-refractivity contribution is 5.69. The van der Waals surface area contributed by atoms with Gasteiger partial charge in [0, 0.05) is 26.4 Å². The van der Waals surface area contributed by atoms with Crippen LogP contribution in [0.5, 0.6) is 0 Å². The number of carbonyl (C=O) groups is 2. The molecule has 58 heavy (non-hydrogen) atoms. The van der Waals surface area contributed by atoms with Crippen LogP contribution < -0.4 is 10.6 Å². The highest BCUT2D eigenvalue weighted by Crippen LogP contribution is 2.19. The van der Waals surface area contributed by atoms with Gasteiger partial charge >= 0.3 is 11.9 Å². The van der Waals surface area contributed by atoms with Crippen molar-refractivity contribution in [2.75, 3.05) is 39.8 Å². The molecule has 0 saturated carbocycles. The average Bonchev–Trinajstić information content (AvgIpc) is 3.21. The molecular formula is C48H94N4O6. The van der Waals surface area contributed by atoms with Gasteiger partial charge in [-0.1, -0.05) is 162 Å². The second-order valence-electron chi connectivity index (χ2n) is 16.8. The average molecular weight is 823 g/mol. The molecule has 0 aliphatic heterocycles. The van der Waals surface area contributed by atoms with E-state index < -0.39 is 4.92 Å². The van der Waals surface area contributed by atoms with Crippen molar-refractivity contribution in [3.63, 3.8) is 0 Å². The van der Waals surface area contributed by atoms with Crippen LogP contribution in [0.25, 0.3) is 0 Å². The molecule has 0 aromatic rings. The summed E-state index contributed by atoms with van der Waals surface area (Å²) in [6.45, 7) is 11.0. The van der Waals surface area contributed by atoms with E-state index in [1.165, 1.54) is 109 Å². The Morgan fingerprint density at radius 2 is 0.983 bits per heavy atom. The maximum absolute atomic E-state index is 12.8.